The Morgan fingerprint density at radius 1 is 1.35 bits per heavy atom. The fourth-order valence-corrected chi connectivity index (χ4v) is 3.06. The highest BCUT2D eigenvalue weighted by atomic mass is 79.9. The van der Waals surface area contributed by atoms with Crippen molar-refractivity contribution in [1.82, 2.24) is 5.32 Å². The lowest BCUT2D eigenvalue weighted by Gasteiger charge is -2.13. The fraction of sp³-hybridized carbons (Fsp3) is 0.364. The molecule has 2 N–H and O–H groups in total. The molecule has 1 rings (SSSR count). The Kier molecular flexibility index (Phi) is 6.40. The standard InChI is InChI=1S/C11H14Br2N2OS/c1-7-5-8(12)10(9(13)6-7)15-11(17)14-3-4-16-2/h5-6H,3-4H2,1-2H3,(H2,14,15,17). The van der Waals surface area contributed by atoms with Crippen molar-refractivity contribution >= 4 is 54.9 Å². The average Bonchev–Trinajstić information content (AvgIpc) is 2.24. The maximum atomic E-state index is 5.18. The second-order valence-corrected chi connectivity index (χ2v) is 5.59. The van der Waals surface area contributed by atoms with E-state index in [1.807, 2.05) is 19.1 Å². The van der Waals surface area contributed by atoms with Crippen molar-refractivity contribution < 1.29 is 4.74 Å². The lowest BCUT2D eigenvalue weighted by molar-refractivity contribution is 0.204. The molecule has 0 heterocycles. The van der Waals surface area contributed by atoms with E-state index in [0.717, 1.165) is 14.6 Å². The van der Waals surface area contributed by atoms with Crippen LogP contribution in [0.4, 0.5) is 5.69 Å². The van der Waals surface area contributed by atoms with Crippen molar-refractivity contribution in [2.75, 3.05) is 25.6 Å². The maximum absolute atomic E-state index is 5.18. The van der Waals surface area contributed by atoms with Crippen LogP contribution in [0.5, 0.6) is 0 Å². The highest BCUT2D eigenvalue weighted by molar-refractivity contribution is 9.11. The second kappa shape index (κ2) is 7.31. The molecule has 0 bridgehead atoms. The van der Waals surface area contributed by atoms with Gasteiger partial charge in [-0.15, -0.1) is 0 Å². The molecule has 0 aromatic heterocycles. The van der Waals surface area contributed by atoms with E-state index in [0.29, 0.717) is 18.3 Å². The molecule has 0 saturated carbocycles. The summed E-state index contributed by atoms with van der Waals surface area (Å²) in [5, 5.41) is 6.77. The molecule has 0 aliphatic rings. The van der Waals surface area contributed by atoms with E-state index in [2.05, 4.69) is 42.5 Å². The molecule has 0 radical (unpaired) electrons. The molecule has 0 unspecified atom stereocenters. The lowest BCUT2D eigenvalue weighted by Crippen LogP contribution is -2.31. The van der Waals surface area contributed by atoms with Crippen LogP contribution in [0, 0.1) is 6.92 Å². The molecule has 0 atom stereocenters. The van der Waals surface area contributed by atoms with Gasteiger partial charge in [0, 0.05) is 22.6 Å². The molecule has 0 fully saturated rings. The molecule has 1 aromatic rings. The SMILES string of the molecule is COCCNC(=S)Nc1c(Br)cc(C)cc1Br. The summed E-state index contributed by atoms with van der Waals surface area (Å²) in [5.74, 6) is 0. The molecule has 0 aliphatic heterocycles. The third kappa shape index (κ3) is 4.91. The van der Waals surface area contributed by atoms with Gasteiger partial charge in [-0.25, -0.2) is 0 Å². The van der Waals surface area contributed by atoms with Crippen molar-refractivity contribution in [1.29, 1.82) is 0 Å². The van der Waals surface area contributed by atoms with Crippen molar-refractivity contribution in [3.63, 3.8) is 0 Å². The van der Waals surface area contributed by atoms with E-state index < -0.39 is 0 Å². The van der Waals surface area contributed by atoms with Gasteiger partial charge in [0.25, 0.3) is 0 Å². The van der Waals surface area contributed by atoms with Crippen LogP contribution in [0.25, 0.3) is 0 Å². The molecule has 1 aromatic carbocycles. The van der Waals surface area contributed by atoms with Crippen LogP contribution in [-0.4, -0.2) is 25.4 Å². The first-order valence-corrected chi connectivity index (χ1v) is 7.03. The van der Waals surface area contributed by atoms with E-state index >= 15 is 0 Å². The van der Waals surface area contributed by atoms with Gasteiger partial charge in [-0.1, -0.05) is 0 Å². The minimum Gasteiger partial charge on any atom is -0.383 e. The summed E-state index contributed by atoms with van der Waals surface area (Å²) in [6, 6.07) is 4.07. The van der Waals surface area contributed by atoms with Crippen LogP contribution in [-0.2, 0) is 4.74 Å². The molecule has 0 amide bonds. The average molecular weight is 382 g/mol. The fourth-order valence-electron chi connectivity index (χ4n) is 1.24. The zero-order chi connectivity index (χ0) is 12.8. The number of hydrogen-bond donors (Lipinski definition) is 2. The molecular weight excluding hydrogens is 368 g/mol. The quantitative estimate of drug-likeness (QED) is 0.618. The predicted octanol–water partition coefficient (Wildman–Crippen LogP) is 3.45. The first-order chi connectivity index (χ1) is 8.04. The van der Waals surface area contributed by atoms with Crippen LogP contribution < -0.4 is 10.6 Å². The summed E-state index contributed by atoms with van der Waals surface area (Å²) in [6.07, 6.45) is 0. The molecule has 6 heteroatoms. The summed E-state index contributed by atoms with van der Waals surface area (Å²) in [7, 11) is 1.66. The Hall–Kier alpha value is -0.170. The van der Waals surface area contributed by atoms with Gasteiger partial charge in [0.2, 0.25) is 0 Å². The molecule has 0 spiro atoms. The number of nitrogens with one attached hydrogen (secondary N) is 2. The number of halogens is 2. The van der Waals surface area contributed by atoms with Crippen molar-refractivity contribution in [3.8, 4) is 0 Å². The van der Waals surface area contributed by atoms with Crippen LogP contribution in [0.3, 0.4) is 0 Å². The zero-order valence-electron chi connectivity index (χ0n) is 9.64. The van der Waals surface area contributed by atoms with Crippen LogP contribution in [0.15, 0.2) is 21.1 Å². The minimum absolute atomic E-state index is 0.576. The van der Waals surface area contributed by atoms with E-state index in [9.17, 15) is 0 Å². The van der Waals surface area contributed by atoms with Crippen molar-refractivity contribution in [2.45, 2.75) is 6.92 Å². The summed E-state index contributed by atoms with van der Waals surface area (Å²) in [4.78, 5) is 0. The summed E-state index contributed by atoms with van der Waals surface area (Å²) in [5.41, 5.74) is 2.10. The normalized spacial score (nSPS) is 10.1. The van der Waals surface area contributed by atoms with Crippen LogP contribution >= 0.6 is 44.1 Å². The van der Waals surface area contributed by atoms with Gasteiger partial charge in [0.15, 0.2) is 5.11 Å². The number of methoxy groups -OCH3 is 1. The molecule has 17 heavy (non-hydrogen) atoms. The van der Waals surface area contributed by atoms with Crippen molar-refractivity contribution in [2.24, 2.45) is 0 Å². The van der Waals surface area contributed by atoms with Gasteiger partial charge in [0.05, 0.1) is 12.3 Å². The monoisotopic (exact) mass is 380 g/mol. The first-order valence-electron chi connectivity index (χ1n) is 5.04. The Balaban J connectivity index is 2.65. The third-order valence-electron chi connectivity index (χ3n) is 2.02. The number of aryl methyl sites for hydroxylation is 1. The third-order valence-corrected chi connectivity index (χ3v) is 3.51. The molecular formula is C11H14Br2N2OS. The Morgan fingerprint density at radius 2 is 1.94 bits per heavy atom. The summed E-state index contributed by atoms with van der Waals surface area (Å²) >= 11 is 12.2. The van der Waals surface area contributed by atoms with Crippen LogP contribution in [0.2, 0.25) is 0 Å². The van der Waals surface area contributed by atoms with Gasteiger partial charge >= 0.3 is 0 Å². The first kappa shape index (κ1) is 14.9. The van der Waals surface area contributed by atoms with E-state index in [-0.39, 0.29) is 0 Å². The zero-order valence-corrected chi connectivity index (χ0v) is 13.6. The molecule has 94 valence electrons. The Morgan fingerprint density at radius 3 is 2.47 bits per heavy atom. The minimum atomic E-state index is 0.576. The highest BCUT2D eigenvalue weighted by Gasteiger charge is 2.07. The van der Waals surface area contributed by atoms with E-state index in [1.54, 1.807) is 7.11 Å². The predicted molar refractivity (Wildman–Crippen MR) is 82.7 cm³/mol. The van der Waals surface area contributed by atoms with Gasteiger partial charge in [-0.2, -0.15) is 0 Å². The number of ether oxygens (including phenoxy) is 1. The maximum Gasteiger partial charge on any atom is 0.170 e. The number of thiocarbonyl (C=S) groups is 1. The topological polar surface area (TPSA) is 33.3 Å². The van der Waals surface area contributed by atoms with Crippen LogP contribution in [0.1, 0.15) is 5.56 Å². The molecule has 0 saturated heterocycles. The molecule has 0 aliphatic carbocycles. The van der Waals surface area contributed by atoms with Gasteiger partial charge in [0.1, 0.15) is 0 Å². The Bertz CT molecular complexity index is 389. The molecule has 3 nitrogen and oxygen atoms in total. The lowest BCUT2D eigenvalue weighted by atomic mass is 10.2. The second-order valence-electron chi connectivity index (χ2n) is 3.48. The van der Waals surface area contributed by atoms with Gasteiger partial charge in [-0.05, 0) is 68.7 Å². The van der Waals surface area contributed by atoms with Crippen molar-refractivity contribution in [3.05, 3.63) is 26.6 Å². The van der Waals surface area contributed by atoms with E-state index in [4.69, 9.17) is 17.0 Å². The Labute approximate surface area is 124 Å². The highest BCUT2D eigenvalue weighted by Crippen LogP contribution is 2.32. The van der Waals surface area contributed by atoms with Gasteiger partial charge in [-0.3, -0.25) is 0 Å². The van der Waals surface area contributed by atoms with Gasteiger partial charge < -0.3 is 15.4 Å². The number of hydrogen-bond acceptors (Lipinski definition) is 2. The number of rotatable bonds is 4. The smallest absolute Gasteiger partial charge is 0.170 e. The largest absolute Gasteiger partial charge is 0.383 e. The van der Waals surface area contributed by atoms with E-state index in [1.165, 1.54) is 5.56 Å². The summed E-state index contributed by atoms with van der Waals surface area (Å²) < 4.78 is 6.88. The number of anilines is 1. The summed E-state index contributed by atoms with van der Waals surface area (Å²) in [6.45, 7) is 3.34. The number of benzene rings is 1.